The zero-order valence-electron chi connectivity index (χ0n) is 18.5. The number of methoxy groups -OCH3 is 1. The predicted octanol–water partition coefficient (Wildman–Crippen LogP) is 2.29. The molecule has 1 aliphatic heterocycles. The smallest absolute Gasteiger partial charge is 0.237 e. The number of ether oxygens (including phenoxy) is 1. The molecular weight excluding hydrogens is 390 g/mol. The molecule has 1 aliphatic carbocycles. The molecule has 2 aromatic carbocycles. The molecule has 1 saturated heterocycles. The van der Waals surface area contributed by atoms with Gasteiger partial charge in [0, 0.05) is 25.7 Å². The first-order valence-corrected chi connectivity index (χ1v) is 11.0. The number of carbonyl (C=O) groups is 2. The Labute approximate surface area is 184 Å². The van der Waals surface area contributed by atoms with E-state index in [-0.39, 0.29) is 24.3 Å². The van der Waals surface area contributed by atoms with Crippen LogP contribution in [0.15, 0.2) is 36.4 Å². The summed E-state index contributed by atoms with van der Waals surface area (Å²) in [7, 11) is 1.67. The second-order valence-electron chi connectivity index (χ2n) is 8.60. The fraction of sp³-hybridized carbons (Fsp3) is 0.440. The lowest BCUT2D eigenvalue weighted by Gasteiger charge is -2.35. The van der Waals surface area contributed by atoms with Crippen LogP contribution in [0.5, 0.6) is 5.75 Å². The minimum absolute atomic E-state index is 0.0625. The van der Waals surface area contributed by atoms with Crippen LogP contribution in [0.1, 0.15) is 34.2 Å². The third kappa shape index (κ3) is 4.59. The van der Waals surface area contributed by atoms with Gasteiger partial charge >= 0.3 is 0 Å². The van der Waals surface area contributed by atoms with Gasteiger partial charge in [-0.15, -0.1) is 0 Å². The van der Waals surface area contributed by atoms with Crippen molar-refractivity contribution in [1.29, 1.82) is 0 Å². The van der Waals surface area contributed by atoms with Crippen molar-refractivity contribution in [3.8, 4) is 5.75 Å². The molecule has 4 rings (SSSR count). The van der Waals surface area contributed by atoms with Crippen LogP contribution >= 0.6 is 0 Å². The number of benzene rings is 2. The minimum atomic E-state index is -0.459. The molecule has 164 valence electrons. The molecule has 0 spiro atoms. The van der Waals surface area contributed by atoms with E-state index in [0.717, 1.165) is 41.8 Å². The fourth-order valence-electron chi connectivity index (χ4n) is 4.76. The Morgan fingerprint density at radius 1 is 1.13 bits per heavy atom. The molecule has 31 heavy (non-hydrogen) atoms. The molecule has 1 heterocycles. The average molecular weight is 422 g/mol. The zero-order valence-corrected chi connectivity index (χ0v) is 18.5. The number of hydrogen-bond acceptors (Lipinski definition) is 4. The van der Waals surface area contributed by atoms with Crippen LogP contribution in [0.3, 0.4) is 0 Å². The Morgan fingerprint density at radius 3 is 2.52 bits per heavy atom. The van der Waals surface area contributed by atoms with Crippen LogP contribution in [0.2, 0.25) is 0 Å². The lowest BCUT2D eigenvalue weighted by Crippen LogP contribution is -2.56. The monoisotopic (exact) mass is 421 g/mol. The second kappa shape index (κ2) is 9.10. The van der Waals surface area contributed by atoms with Crippen LogP contribution in [0, 0.1) is 13.8 Å². The normalized spacial score (nSPS) is 19.1. The molecule has 2 amide bonds. The van der Waals surface area contributed by atoms with E-state index in [1.54, 1.807) is 7.11 Å². The summed E-state index contributed by atoms with van der Waals surface area (Å²) in [6, 6.07) is 12.0. The highest BCUT2D eigenvalue weighted by atomic mass is 16.5. The van der Waals surface area contributed by atoms with Crippen molar-refractivity contribution in [2.24, 2.45) is 0 Å². The number of carbonyl (C=O) groups excluding carboxylic acids is 2. The van der Waals surface area contributed by atoms with E-state index in [2.05, 4.69) is 40.7 Å². The third-order valence-corrected chi connectivity index (χ3v) is 6.68. The van der Waals surface area contributed by atoms with E-state index in [4.69, 9.17) is 4.74 Å². The summed E-state index contributed by atoms with van der Waals surface area (Å²) in [6.07, 6.45) is 1.88. The number of rotatable bonds is 6. The Morgan fingerprint density at radius 2 is 1.84 bits per heavy atom. The highest BCUT2D eigenvalue weighted by Crippen LogP contribution is 2.26. The quantitative estimate of drug-likeness (QED) is 0.751. The average Bonchev–Trinajstić information content (AvgIpc) is 3.16. The van der Waals surface area contributed by atoms with Gasteiger partial charge in [0.05, 0.1) is 19.6 Å². The third-order valence-electron chi connectivity index (χ3n) is 6.68. The van der Waals surface area contributed by atoms with Crippen LogP contribution in [0.25, 0.3) is 0 Å². The van der Waals surface area contributed by atoms with E-state index < -0.39 is 6.04 Å². The number of nitrogens with one attached hydrogen (secondary N) is 2. The summed E-state index contributed by atoms with van der Waals surface area (Å²) in [6.45, 7) is 6.09. The maximum Gasteiger partial charge on any atom is 0.237 e. The molecular formula is C25H31N3O3. The first kappa shape index (κ1) is 21.4. The van der Waals surface area contributed by atoms with Gasteiger partial charge in [-0.05, 0) is 60.6 Å². The summed E-state index contributed by atoms with van der Waals surface area (Å²) >= 11 is 0. The van der Waals surface area contributed by atoms with Gasteiger partial charge in [0.1, 0.15) is 5.75 Å². The molecule has 6 heteroatoms. The SMILES string of the molecule is COc1ccc(CN2CCNC(=O)C2CC(=O)NC2Cc3ccccc3C2)c(C)c1C. The van der Waals surface area contributed by atoms with Crippen molar-refractivity contribution >= 4 is 11.8 Å². The van der Waals surface area contributed by atoms with Crippen LogP contribution in [0.4, 0.5) is 0 Å². The Bertz CT molecular complexity index is 963. The number of amides is 2. The van der Waals surface area contributed by atoms with Crippen molar-refractivity contribution in [3.63, 3.8) is 0 Å². The fourth-order valence-corrected chi connectivity index (χ4v) is 4.76. The maximum atomic E-state index is 12.8. The summed E-state index contributed by atoms with van der Waals surface area (Å²) in [5, 5.41) is 6.08. The number of nitrogens with zero attached hydrogens (tertiary/aromatic N) is 1. The van der Waals surface area contributed by atoms with Crippen LogP contribution < -0.4 is 15.4 Å². The van der Waals surface area contributed by atoms with Crippen LogP contribution in [-0.4, -0.2) is 49.0 Å². The van der Waals surface area contributed by atoms with Crippen LogP contribution in [-0.2, 0) is 29.0 Å². The maximum absolute atomic E-state index is 12.8. The first-order valence-electron chi connectivity index (χ1n) is 11.0. The standard InChI is InChI=1S/C25H31N3O3/c1-16-17(2)23(31-3)9-8-20(16)15-28-11-10-26-25(30)22(28)14-24(29)27-21-12-18-6-4-5-7-19(18)13-21/h4-9,21-22H,10-15H2,1-3H3,(H,26,30)(H,27,29). The number of fused-ring (bicyclic) bond motifs is 1. The first-order chi connectivity index (χ1) is 15.0. The van der Waals surface area contributed by atoms with E-state index in [9.17, 15) is 9.59 Å². The molecule has 2 aliphatic rings. The van der Waals surface area contributed by atoms with E-state index >= 15 is 0 Å². The molecule has 0 bridgehead atoms. The number of piperazine rings is 1. The molecule has 0 saturated carbocycles. The largest absolute Gasteiger partial charge is 0.496 e. The molecule has 6 nitrogen and oxygen atoms in total. The molecule has 2 aromatic rings. The highest BCUT2D eigenvalue weighted by Gasteiger charge is 2.33. The van der Waals surface area contributed by atoms with Gasteiger partial charge < -0.3 is 15.4 Å². The minimum Gasteiger partial charge on any atom is -0.496 e. The molecule has 2 N–H and O–H groups in total. The van der Waals surface area contributed by atoms with Crippen molar-refractivity contribution in [3.05, 3.63) is 64.2 Å². The van der Waals surface area contributed by atoms with E-state index in [0.29, 0.717) is 13.1 Å². The van der Waals surface area contributed by atoms with Gasteiger partial charge in [0.15, 0.2) is 0 Å². The predicted molar refractivity (Wildman–Crippen MR) is 120 cm³/mol. The second-order valence-corrected chi connectivity index (χ2v) is 8.60. The van der Waals surface area contributed by atoms with Gasteiger partial charge in [0.25, 0.3) is 0 Å². The lowest BCUT2D eigenvalue weighted by atomic mass is 10.00. The topological polar surface area (TPSA) is 70.7 Å². The lowest BCUT2D eigenvalue weighted by molar-refractivity contribution is -0.134. The Balaban J connectivity index is 1.42. The van der Waals surface area contributed by atoms with Crippen molar-refractivity contribution in [2.45, 2.75) is 51.7 Å². The highest BCUT2D eigenvalue weighted by molar-refractivity contribution is 5.89. The number of hydrogen-bond donors (Lipinski definition) is 2. The molecule has 0 aromatic heterocycles. The molecule has 1 fully saturated rings. The summed E-state index contributed by atoms with van der Waals surface area (Å²) in [5.74, 6) is 0.734. The Hall–Kier alpha value is -2.86. The van der Waals surface area contributed by atoms with E-state index in [1.165, 1.54) is 11.1 Å². The molecule has 0 radical (unpaired) electrons. The van der Waals surface area contributed by atoms with E-state index in [1.807, 2.05) is 25.1 Å². The van der Waals surface area contributed by atoms with Crippen molar-refractivity contribution < 1.29 is 14.3 Å². The van der Waals surface area contributed by atoms with Gasteiger partial charge in [0.2, 0.25) is 11.8 Å². The van der Waals surface area contributed by atoms with Crippen molar-refractivity contribution in [1.82, 2.24) is 15.5 Å². The Kier molecular flexibility index (Phi) is 6.28. The zero-order chi connectivity index (χ0) is 22.0. The van der Waals surface area contributed by atoms with Gasteiger partial charge in [-0.2, -0.15) is 0 Å². The van der Waals surface area contributed by atoms with Gasteiger partial charge in [-0.25, -0.2) is 0 Å². The molecule has 1 atom stereocenters. The van der Waals surface area contributed by atoms with Crippen molar-refractivity contribution in [2.75, 3.05) is 20.2 Å². The van der Waals surface area contributed by atoms with Gasteiger partial charge in [-0.3, -0.25) is 14.5 Å². The molecule has 1 unspecified atom stereocenters. The summed E-state index contributed by atoms with van der Waals surface area (Å²) < 4.78 is 5.42. The summed E-state index contributed by atoms with van der Waals surface area (Å²) in [4.78, 5) is 27.6. The summed E-state index contributed by atoms with van der Waals surface area (Å²) in [5.41, 5.74) is 6.03. The van der Waals surface area contributed by atoms with Gasteiger partial charge in [-0.1, -0.05) is 30.3 Å².